The van der Waals surface area contributed by atoms with Gasteiger partial charge >= 0.3 is 0 Å². The number of amides is 1. The third-order valence-electron chi connectivity index (χ3n) is 4.07. The lowest BCUT2D eigenvalue weighted by atomic mass is 10.1. The van der Waals surface area contributed by atoms with Gasteiger partial charge in [-0.2, -0.15) is 0 Å². The first-order valence-corrected chi connectivity index (χ1v) is 8.37. The van der Waals surface area contributed by atoms with Crippen molar-refractivity contribution in [3.05, 3.63) is 88.2 Å². The number of pyridine rings is 1. The molecular formula is C21H20N2O3. The van der Waals surface area contributed by atoms with Crippen LogP contribution in [0.15, 0.2) is 71.5 Å². The molecule has 1 aromatic heterocycles. The van der Waals surface area contributed by atoms with E-state index in [9.17, 15) is 9.59 Å². The summed E-state index contributed by atoms with van der Waals surface area (Å²) in [7, 11) is 1.62. The van der Waals surface area contributed by atoms with Gasteiger partial charge in [0.1, 0.15) is 11.3 Å². The highest BCUT2D eigenvalue weighted by Gasteiger charge is 2.11. The maximum atomic E-state index is 12.3. The zero-order valence-corrected chi connectivity index (χ0v) is 14.5. The molecular weight excluding hydrogens is 328 g/mol. The average Bonchev–Trinajstić information content (AvgIpc) is 2.68. The first-order chi connectivity index (χ1) is 12.7. The Morgan fingerprint density at radius 3 is 2.58 bits per heavy atom. The molecule has 0 aliphatic rings. The quantitative estimate of drug-likeness (QED) is 0.719. The number of H-pyrrole nitrogens is 1. The van der Waals surface area contributed by atoms with Gasteiger partial charge in [-0.15, -0.1) is 0 Å². The van der Waals surface area contributed by atoms with E-state index in [1.807, 2.05) is 54.6 Å². The lowest BCUT2D eigenvalue weighted by Crippen LogP contribution is -2.31. The SMILES string of the molecule is COc1cccc(CCNC(=O)c2ccc(-c3ccccc3)[nH]c2=O)c1. The Balaban J connectivity index is 1.63. The fourth-order valence-corrected chi connectivity index (χ4v) is 2.68. The highest BCUT2D eigenvalue weighted by Crippen LogP contribution is 2.15. The zero-order chi connectivity index (χ0) is 18.4. The smallest absolute Gasteiger partial charge is 0.261 e. The van der Waals surface area contributed by atoms with Gasteiger partial charge in [0.05, 0.1) is 7.11 Å². The van der Waals surface area contributed by atoms with Crippen molar-refractivity contribution >= 4 is 5.91 Å². The highest BCUT2D eigenvalue weighted by molar-refractivity contribution is 5.94. The first kappa shape index (κ1) is 17.5. The molecule has 0 atom stereocenters. The molecule has 5 nitrogen and oxygen atoms in total. The van der Waals surface area contributed by atoms with Gasteiger partial charge in [0.15, 0.2) is 0 Å². The van der Waals surface area contributed by atoms with E-state index in [4.69, 9.17) is 4.74 Å². The summed E-state index contributed by atoms with van der Waals surface area (Å²) in [6, 6.07) is 20.5. The number of benzene rings is 2. The van der Waals surface area contributed by atoms with E-state index in [1.165, 1.54) is 0 Å². The van der Waals surface area contributed by atoms with Crippen LogP contribution in [0.25, 0.3) is 11.3 Å². The van der Waals surface area contributed by atoms with Crippen LogP contribution in [0.2, 0.25) is 0 Å². The van der Waals surface area contributed by atoms with Crippen LogP contribution in [-0.4, -0.2) is 24.5 Å². The third kappa shape index (κ3) is 4.19. The van der Waals surface area contributed by atoms with Crippen molar-refractivity contribution in [2.45, 2.75) is 6.42 Å². The molecule has 1 heterocycles. The number of methoxy groups -OCH3 is 1. The molecule has 0 saturated heterocycles. The van der Waals surface area contributed by atoms with Crippen molar-refractivity contribution in [3.63, 3.8) is 0 Å². The average molecular weight is 348 g/mol. The Morgan fingerprint density at radius 1 is 1.04 bits per heavy atom. The molecule has 0 aliphatic heterocycles. The Bertz CT molecular complexity index is 949. The molecule has 0 fully saturated rings. The van der Waals surface area contributed by atoms with Crippen LogP contribution in [0.1, 0.15) is 15.9 Å². The van der Waals surface area contributed by atoms with Crippen LogP contribution < -0.4 is 15.6 Å². The Labute approximate surface area is 151 Å². The molecule has 26 heavy (non-hydrogen) atoms. The van der Waals surface area contributed by atoms with Crippen LogP contribution in [0, 0.1) is 0 Å². The van der Waals surface area contributed by atoms with Gasteiger partial charge in [-0.3, -0.25) is 9.59 Å². The number of aromatic nitrogens is 1. The van der Waals surface area contributed by atoms with E-state index in [0.29, 0.717) is 18.7 Å². The number of carbonyl (C=O) groups excluding carboxylic acids is 1. The standard InChI is InChI=1S/C21H20N2O3/c1-26-17-9-5-6-15(14-17)12-13-22-20(24)18-10-11-19(23-21(18)25)16-7-3-2-4-8-16/h2-11,14H,12-13H2,1H3,(H,22,24)(H,23,25). The van der Waals surface area contributed by atoms with Crippen LogP contribution in [0.3, 0.4) is 0 Å². The number of nitrogens with one attached hydrogen (secondary N) is 2. The maximum absolute atomic E-state index is 12.3. The molecule has 0 spiro atoms. The molecule has 5 heteroatoms. The summed E-state index contributed by atoms with van der Waals surface area (Å²) in [5, 5.41) is 2.79. The van der Waals surface area contributed by atoms with Crippen molar-refractivity contribution in [1.29, 1.82) is 0 Å². The summed E-state index contributed by atoms with van der Waals surface area (Å²) in [6.45, 7) is 0.436. The summed E-state index contributed by atoms with van der Waals surface area (Å²) in [6.07, 6.45) is 0.656. The first-order valence-electron chi connectivity index (χ1n) is 8.37. The zero-order valence-electron chi connectivity index (χ0n) is 14.5. The van der Waals surface area contributed by atoms with E-state index in [1.54, 1.807) is 19.2 Å². The van der Waals surface area contributed by atoms with Gasteiger partial charge in [-0.1, -0.05) is 42.5 Å². The summed E-state index contributed by atoms with van der Waals surface area (Å²) in [4.78, 5) is 27.3. The number of hydrogen-bond acceptors (Lipinski definition) is 3. The molecule has 2 aromatic carbocycles. The minimum atomic E-state index is -0.398. The van der Waals surface area contributed by atoms with Crippen molar-refractivity contribution in [3.8, 4) is 17.0 Å². The molecule has 132 valence electrons. The van der Waals surface area contributed by atoms with Crippen LogP contribution >= 0.6 is 0 Å². The largest absolute Gasteiger partial charge is 0.497 e. The summed E-state index contributed by atoms with van der Waals surface area (Å²) < 4.78 is 5.18. The molecule has 0 saturated carbocycles. The van der Waals surface area contributed by atoms with Gasteiger partial charge < -0.3 is 15.0 Å². The third-order valence-corrected chi connectivity index (χ3v) is 4.07. The molecule has 0 radical (unpaired) electrons. The van der Waals surface area contributed by atoms with Crippen LogP contribution in [-0.2, 0) is 6.42 Å². The molecule has 0 aliphatic carbocycles. The number of aromatic amines is 1. The normalized spacial score (nSPS) is 10.3. The Morgan fingerprint density at radius 2 is 1.85 bits per heavy atom. The van der Waals surface area contributed by atoms with Crippen molar-refractivity contribution in [2.24, 2.45) is 0 Å². The lowest BCUT2D eigenvalue weighted by molar-refractivity contribution is 0.0952. The minimum Gasteiger partial charge on any atom is -0.497 e. The van der Waals surface area contributed by atoms with Crippen LogP contribution in [0.5, 0.6) is 5.75 Å². The number of rotatable bonds is 6. The number of ether oxygens (including phenoxy) is 1. The van der Waals surface area contributed by atoms with Crippen molar-refractivity contribution in [1.82, 2.24) is 10.3 Å². The predicted molar refractivity (Wildman–Crippen MR) is 102 cm³/mol. The second-order valence-electron chi connectivity index (χ2n) is 5.84. The topological polar surface area (TPSA) is 71.2 Å². The van der Waals surface area contributed by atoms with Crippen molar-refractivity contribution < 1.29 is 9.53 Å². The van der Waals surface area contributed by atoms with E-state index >= 15 is 0 Å². The number of carbonyl (C=O) groups is 1. The van der Waals surface area contributed by atoms with E-state index < -0.39 is 5.56 Å². The van der Waals surface area contributed by atoms with Crippen molar-refractivity contribution in [2.75, 3.05) is 13.7 Å². The van der Waals surface area contributed by atoms with Gasteiger partial charge in [-0.05, 0) is 41.8 Å². The maximum Gasteiger partial charge on any atom is 0.261 e. The van der Waals surface area contributed by atoms with Gasteiger partial charge in [0.2, 0.25) is 0 Å². The second-order valence-corrected chi connectivity index (χ2v) is 5.84. The van der Waals surface area contributed by atoms with E-state index in [0.717, 1.165) is 16.9 Å². The summed E-state index contributed by atoms with van der Waals surface area (Å²) >= 11 is 0. The van der Waals surface area contributed by atoms with E-state index in [-0.39, 0.29) is 11.5 Å². The molecule has 3 aromatic rings. The Kier molecular flexibility index (Phi) is 5.49. The van der Waals surface area contributed by atoms with Gasteiger partial charge in [0, 0.05) is 12.2 Å². The van der Waals surface area contributed by atoms with Crippen LogP contribution in [0.4, 0.5) is 0 Å². The predicted octanol–water partition coefficient (Wildman–Crippen LogP) is 3.02. The molecule has 0 unspecified atom stereocenters. The molecule has 3 rings (SSSR count). The highest BCUT2D eigenvalue weighted by atomic mass is 16.5. The molecule has 2 N–H and O–H groups in total. The fraction of sp³-hybridized carbons (Fsp3) is 0.143. The molecule has 0 bridgehead atoms. The number of hydrogen-bond donors (Lipinski definition) is 2. The van der Waals surface area contributed by atoms with Gasteiger partial charge in [0.25, 0.3) is 11.5 Å². The minimum absolute atomic E-state index is 0.107. The summed E-state index contributed by atoms with van der Waals surface area (Å²) in [5.74, 6) is 0.399. The molecule has 1 amide bonds. The summed E-state index contributed by atoms with van der Waals surface area (Å²) in [5.41, 5.74) is 2.34. The lowest BCUT2D eigenvalue weighted by Gasteiger charge is -2.07. The van der Waals surface area contributed by atoms with Gasteiger partial charge in [-0.25, -0.2) is 0 Å². The van der Waals surface area contributed by atoms with E-state index in [2.05, 4.69) is 10.3 Å². The fourth-order valence-electron chi connectivity index (χ4n) is 2.68. The Hall–Kier alpha value is -3.34. The monoisotopic (exact) mass is 348 g/mol. The second kappa shape index (κ2) is 8.16.